The Hall–Kier alpha value is -1.94. The molecule has 0 amide bonds. The Labute approximate surface area is 117 Å². The Kier molecular flexibility index (Phi) is 4.35. The molecule has 2 aromatic rings. The summed E-state index contributed by atoms with van der Waals surface area (Å²) in [4.78, 5) is 0. The van der Waals surface area contributed by atoms with Gasteiger partial charge >= 0.3 is 0 Å². The first kappa shape index (κ1) is 14.5. The average Bonchev–Trinajstić information content (AvgIpc) is 2.36. The lowest BCUT2D eigenvalue weighted by atomic mass is 10.1. The molecule has 0 aliphatic rings. The van der Waals surface area contributed by atoms with E-state index in [2.05, 4.69) is 0 Å². The fraction of sp³-hybridized carbons (Fsp3) is 0.250. The van der Waals surface area contributed by atoms with Crippen LogP contribution in [0, 0.1) is 18.6 Å². The van der Waals surface area contributed by atoms with E-state index in [0.717, 1.165) is 5.56 Å². The van der Waals surface area contributed by atoms with Crippen molar-refractivity contribution in [1.29, 1.82) is 0 Å². The Morgan fingerprint density at radius 3 is 2.40 bits per heavy atom. The predicted molar refractivity (Wildman–Crippen MR) is 75.0 cm³/mol. The second-order valence-electron chi connectivity index (χ2n) is 4.95. The molecular formula is C16H17F2NO. The Balaban J connectivity index is 2.35. The Morgan fingerprint density at radius 1 is 1.05 bits per heavy atom. The molecule has 20 heavy (non-hydrogen) atoms. The van der Waals surface area contributed by atoms with E-state index in [-0.39, 0.29) is 17.7 Å². The van der Waals surface area contributed by atoms with Gasteiger partial charge in [-0.15, -0.1) is 0 Å². The first-order valence-corrected chi connectivity index (χ1v) is 6.43. The minimum absolute atomic E-state index is 0.118. The third kappa shape index (κ3) is 3.54. The molecule has 2 nitrogen and oxygen atoms in total. The molecule has 0 radical (unpaired) electrons. The number of hydrogen-bond acceptors (Lipinski definition) is 2. The van der Waals surface area contributed by atoms with Crippen molar-refractivity contribution in [3.05, 3.63) is 59.2 Å². The second-order valence-corrected chi connectivity index (χ2v) is 4.95. The molecule has 0 aromatic heterocycles. The quantitative estimate of drug-likeness (QED) is 0.918. The van der Waals surface area contributed by atoms with E-state index < -0.39 is 0 Å². The normalized spacial score (nSPS) is 12.2. The van der Waals surface area contributed by atoms with Crippen LogP contribution in [-0.4, -0.2) is 6.04 Å². The van der Waals surface area contributed by atoms with Gasteiger partial charge in [-0.25, -0.2) is 8.78 Å². The van der Waals surface area contributed by atoms with Crippen LogP contribution in [0.15, 0.2) is 36.4 Å². The maximum absolute atomic E-state index is 13.3. The number of aryl methyl sites for hydroxylation is 1. The van der Waals surface area contributed by atoms with Crippen LogP contribution >= 0.6 is 0 Å². The zero-order valence-electron chi connectivity index (χ0n) is 11.5. The van der Waals surface area contributed by atoms with E-state index in [4.69, 9.17) is 10.5 Å². The van der Waals surface area contributed by atoms with Crippen molar-refractivity contribution in [3.8, 4) is 11.5 Å². The molecule has 0 heterocycles. The molecule has 1 atom stereocenters. The predicted octanol–water partition coefficient (Wildman–Crippen LogP) is 3.96. The van der Waals surface area contributed by atoms with Crippen molar-refractivity contribution in [2.75, 3.05) is 0 Å². The highest BCUT2D eigenvalue weighted by Gasteiger charge is 2.10. The van der Waals surface area contributed by atoms with Gasteiger partial charge in [-0.05, 0) is 55.7 Å². The smallest absolute Gasteiger partial charge is 0.133 e. The average molecular weight is 277 g/mol. The fourth-order valence-electron chi connectivity index (χ4n) is 1.96. The van der Waals surface area contributed by atoms with Crippen molar-refractivity contribution in [2.24, 2.45) is 5.73 Å². The van der Waals surface area contributed by atoms with Crippen LogP contribution < -0.4 is 10.5 Å². The Morgan fingerprint density at radius 2 is 1.70 bits per heavy atom. The van der Waals surface area contributed by atoms with Crippen molar-refractivity contribution >= 4 is 0 Å². The number of hydrogen-bond donors (Lipinski definition) is 1. The van der Waals surface area contributed by atoms with Gasteiger partial charge in [0.1, 0.15) is 23.1 Å². The third-order valence-corrected chi connectivity index (χ3v) is 2.93. The van der Waals surface area contributed by atoms with Gasteiger partial charge in [0.25, 0.3) is 0 Å². The highest BCUT2D eigenvalue weighted by molar-refractivity contribution is 5.41. The van der Waals surface area contributed by atoms with Crippen LogP contribution in [0.25, 0.3) is 0 Å². The second kappa shape index (κ2) is 6.01. The van der Waals surface area contributed by atoms with Gasteiger partial charge in [0.15, 0.2) is 0 Å². The number of rotatable bonds is 4. The van der Waals surface area contributed by atoms with Gasteiger partial charge < -0.3 is 10.5 Å². The molecule has 2 rings (SSSR count). The van der Waals surface area contributed by atoms with Gasteiger partial charge in [-0.3, -0.25) is 0 Å². The summed E-state index contributed by atoms with van der Waals surface area (Å²) in [5, 5.41) is 0. The molecule has 1 unspecified atom stereocenters. The Bertz CT molecular complexity index is 611. The largest absolute Gasteiger partial charge is 0.457 e. The SMILES string of the molecule is Cc1ccc(F)cc1Oc1ccc(F)cc1CC(C)N. The topological polar surface area (TPSA) is 35.2 Å². The van der Waals surface area contributed by atoms with Gasteiger partial charge in [0.05, 0.1) is 0 Å². The van der Waals surface area contributed by atoms with E-state index in [0.29, 0.717) is 23.5 Å². The van der Waals surface area contributed by atoms with Crippen molar-refractivity contribution in [3.63, 3.8) is 0 Å². The molecule has 4 heteroatoms. The molecule has 0 fully saturated rings. The molecule has 106 valence electrons. The van der Waals surface area contributed by atoms with E-state index in [1.165, 1.54) is 30.3 Å². The number of ether oxygens (including phenoxy) is 1. The lowest BCUT2D eigenvalue weighted by Gasteiger charge is -2.14. The molecule has 0 spiro atoms. The summed E-state index contributed by atoms with van der Waals surface area (Å²) >= 11 is 0. The monoisotopic (exact) mass is 277 g/mol. The van der Waals surface area contributed by atoms with Gasteiger partial charge in [0, 0.05) is 12.1 Å². The highest BCUT2D eigenvalue weighted by Crippen LogP contribution is 2.29. The minimum atomic E-state index is -0.374. The summed E-state index contributed by atoms with van der Waals surface area (Å²) in [6, 6.07) is 8.45. The van der Waals surface area contributed by atoms with Gasteiger partial charge in [-0.1, -0.05) is 6.07 Å². The van der Waals surface area contributed by atoms with E-state index in [1.54, 1.807) is 6.07 Å². The van der Waals surface area contributed by atoms with Crippen LogP contribution in [0.4, 0.5) is 8.78 Å². The number of halogens is 2. The standard InChI is InChI=1S/C16H17F2NO/c1-10-3-4-14(18)9-16(10)20-15-6-5-13(17)8-12(15)7-11(2)19/h3-6,8-9,11H,7,19H2,1-2H3. The summed E-state index contributed by atoms with van der Waals surface area (Å²) in [6.07, 6.45) is 0.488. The van der Waals surface area contributed by atoms with E-state index >= 15 is 0 Å². The summed E-state index contributed by atoms with van der Waals surface area (Å²) in [7, 11) is 0. The summed E-state index contributed by atoms with van der Waals surface area (Å²) < 4.78 is 32.3. The maximum atomic E-state index is 13.3. The van der Waals surface area contributed by atoms with Gasteiger partial charge in [0.2, 0.25) is 0 Å². The molecule has 0 aliphatic heterocycles. The van der Waals surface area contributed by atoms with Crippen LogP contribution in [-0.2, 0) is 6.42 Å². The first-order chi connectivity index (χ1) is 9.45. The lowest BCUT2D eigenvalue weighted by Crippen LogP contribution is -2.18. The van der Waals surface area contributed by atoms with Crippen molar-refractivity contribution in [2.45, 2.75) is 26.3 Å². The zero-order chi connectivity index (χ0) is 14.7. The van der Waals surface area contributed by atoms with Crippen LogP contribution in [0.5, 0.6) is 11.5 Å². The lowest BCUT2D eigenvalue weighted by molar-refractivity contribution is 0.462. The highest BCUT2D eigenvalue weighted by atomic mass is 19.1. The van der Waals surface area contributed by atoms with Gasteiger partial charge in [-0.2, -0.15) is 0 Å². The van der Waals surface area contributed by atoms with E-state index in [9.17, 15) is 8.78 Å². The number of benzene rings is 2. The summed E-state index contributed by atoms with van der Waals surface area (Å²) in [5.41, 5.74) is 7.23. The molecule has 0 bridgehead atoms. The van der Waals surface area contributed by atoms with E-state index in [1.807, 2.05) is 13.8 Å². The molecule has 2 aromatic carbocycles. The minimum Gasteiger partial charge on any atom is -0.457 e. The van der Waals surface area contributed by atoms with Crippen LogP contribution in [0.1, 0.15) is 18.1 Å². The zero-order valence-corrected chi connectivity index (χ0v) is 11.5. The van der Waals surface area contributed by atoms with Crippen molar-refractivity contribution in [1.82, 2.24) is 0 Å². The third-order valence-electron chi connectivity index (χ3n) is 2.93. The summed E-state index contributed by atoms with van der Waals surface area (Å²) in [5.74, 6) is 0.199. The molecule has 0 saturated heterocycles. The molecule has 0 aliphatic carbocycles. The fourth-order valence-corrected chi connectivity index (χ4v) is 1.96. The van der Waals surface area contributed by atoms with Crippen LogP contribution in [0.2, 0.25) is 0 Å². The maximum Gasteiger partial charge on any atom is 0.133 e. The van der Waals surface area contributed by atoms with Crippen LogP contribution in [0.3, 0.4) is 0 Å². The summed E-state index contributed by atoms with van der Waals surface area (Å²) in [6.45, 7) is 3.66. The first-order valence-electron chi connectivity index (χ1n) is 6.43. The molecular weight excluding hydrogens is 260 g/mol. The van der Waals surface area contributed by atoms with Crippen molar-refractivity contribution < 1.29 is 13.5 Å². The molecule has 2 N–H and O–H groups in total. The molecule has 0 saturated carbocycles. The number of nitrogens with two attached hydrogens (primary N) is 1.